The number of nitrogens with one attached hydrogen (secondary N) is 3. The highest BCUT2D eigenvalue weighted by Gasteiger charge is 2.37. The Bertz CT molecular complexity index is 1060. The lowest BCUT2D eigenvalue weighted by atomic mass is 10.0. The number of fused-ring (bicyclic) bond motifs is 1. The first-order valence-corrected chi connectivity index (χ1v) is 12.6. The number of aryl methyl sites for hydroxylation is 2. The number of benzene rings is 1. The van der Waals surface area contributed by atoms with Gasteiger partial charge in [0.05, 0.1) is 19.1 Å². The third-order valence-electron chi connectivity index (χ3n) is 7.04. The highest BCUT2D eigenvalue weighted by Crippen LogP contribution is 2.29. The van der Waals surface area contributed by atoms with Crippen LogP contribution < -0.4 is 11.1 Å². The fraction of sp³-hybridized carbons (Fsp3) is 0.577. The number of esters is 1. The number of hydrogen-bond acceptors (Lipinski definition) is 5. The van der Waals surface area contributed by atoms with Gasteiger partial charge in [-0.05, 0) is 63.5 Å². The molecule has 2 heterocycles. The summed E-state index contributed by atoms with van der Waals surface area (Å²) in [6.07, 6.45) is 6.81. The van der Waals surface area contributed by atoms with Crippen molar-refractivity contribution in [1.82, 2.24) is 15.2 Å². The van der Waals surface area contributed by atoms with Crippen LogP contribution in [0, 0.1) is 5.41 Å². The Labute approximate surface area is 201 Å². The van der Waals surface area contributed by atoms with Crippen molar-refractivity contribution in [2.75, 3.05) is 13.2 Å². The summed E-state index contributed by atoms with van der Waals surface area (Å²) >= 11 is 0. The number of nitrogens with zero attached hydrogens (tertiary/aromatic N) is 1. The minimum absolute atomic E-state index is 0.0286. The molecule has 1 amide bonds. The highest BCUT2D eigenvalue weighted by molar-refractivity contribution is 5.99. The highest BCUT2D eigenvalue weighted by atomic mass is 16.5. The molecule has 34 heavy (non-hydrogen) atoms. The Morgan fingerprint density at radius 2 is 2.09 bits per heavy atom. The van der Waals surface area contributed by atoms with Crippen LogP contribution in [0.3, 0.4) is 0 Å². The molecule has 0 radical (unpaired) electrons. The lowest BCUT2D eigenvalue weighted by molar-refractivity contribution is -0.147. The Kier molecular flexibility index (Phi) is 7.56. The second kappa shape index (κ2) is 10.6. The van der Waals surface area contributed by atoms with Crippen LogP contribution >= 0.6 is 0 Å². The fourth-order valence-corrected chi connectivity index (χ4v) is 5.17. The van der Waals surface area contributed by atoms with Gasteiger partial charge in [-0.1, -0.05) is 19.1 Å². The number of amidine groups is 1. The van der Waals surface area contributed by atoms with E-state index in [1.165, 1.54) is 16.6 Å². The molecule has 4 rings (SSSR count). The largest absolute Gasteiger partial charge is 0.466 e. The van der Waals surface area contributed by atoms with E-state index >= 15 is 0 Å². The number of likely N-dealkylation sites (tertiary alicyclic amines) is 1. The molecule has 1 unspecified atom stereocenters. The molecule has 1 saturated carbocycles. The molecular weight excluding hydrogens is 430 g/mol. The quantitative estimate of drug-likeness (QED) is 0.230. The number of amides is 1. The number of rotatable bonds is 11. The Hall–Kier alpha value is -2.87. The van der Waals surface area contributed by atoms with E-state index in [2.05, 4.69) is 17.2 Å². The van der Waals surface area contributed by atoms with Crippen LogP contribution in [0.5, 0.6) is 0 Å². The number of ether oxygens (including phenoxy) is 1. The van der Waals surface area contributed by atoms with Gasteiger partial charge in [0.25, 0.3) is 0 Å². The smallest absolute Gasteiger partial charge is 0.307 e. The van der Waals surface area contributed by atoms with Crippen molar-refractivity contribution in [1.29, 1.82) is 5.41 Å². The lowest BCUT2D eigenvalue weighted by Gasteiger charge is -2.29. The molecule has 2 fully saturated rings. The molecule has 0 spiro atoms. The molecular formula is C26H37N5O3. The predicted octanol–water partition coefficient (Wildman–Crippen LogP) is 3.01. The lowest BCUT2D eigenvalue weighted by Crippen LogP contribution is -2.50. The Morgan fingerprint density at radius 3 is 2.76 bits per heavy atom. The topological polar surface area (TPSA) is 124 Å². The number of hydrogen-bond donors (Lipinski definition) is 4. The van der Waals surface area contributed by atoms with Gasteiger partial charge in [0, 0.05) is 40.8 Å². The SMILES string of the molecule is CCOC(=O)CC(NC1CC1)C(=O)N1CCC[C@H]1CCc1[nH]c2cc(C(=N)N)ccc2c1CC. The van der Waals surface area contributed by atoms with Crippen LogP contribution in [0.15, 0.2) is 18.2 Å². The summed E-state index contributed by atoms with van der Waals surface area (Å²) in [5.74, 6) is -0.227. The van der Waals surface area contributed by atoms with E-state index in [0.29, 0.717) is 18.2 Å². The molecule has 1 aliphatic heterocycles. The molecule has 1 aromatic heterocycles. The zero-order chi connectivity index (χ0) is 24.2. The first-order valence-electron chi connectivity index (χ1n) is 12.6. The normalized spacial score (nSPS) is 18.9. The molecule has 8 nitrogen and oxygen atoms in total. The molecule has 184 valence electrons. The number of H-pyrrole nitrogens is 1. The summed E-state index contributed by atoms with van der Waals surface area (Å²) in [6, 6.07) is 5.88. The van der Waals surface area contributed by atoms with Crippen molar-refractivity contribution < 1.29 is 14.3 Å². The zero-order valence-electron chi connectivity index (χ0n) is 20.3. The maximum Gasteiger partial charge on any atom is 0.307 e. The van der Waals surface area contributed by atoms with Crippen LogP contribution in [0.4, 0.5) is 0 Å². The number of aromatic amines is 1. The van der Waals surface area contributed by atoms with Gasteiger partial charge in [-0.25, -0.2) is 0 Å². The van der Waals surface area contributed by atoms with Gasteiger partial charge in [-0.15, -0.1) is 0 Å². The van der Waals surface area contributed by atoms with Crippen LogP contribution in [0.25, 0.3) is 10.9 Å². The van der Waals surface area contributed by atoms with Gasteiger partial charge in [0.15, 0.2) is 0 Å². The average Bonchev–Trinajstić information content (AvgIpc) is 3.38. The minimum Gasteiger partial charge on any atom is -0.466 e. The molecule has 5 N–H and O–H groups in total. The van der Waals surface area contributed by atoms with Crippen molar-refractivity contribution in [2.45, 2.75) is 83.3 Å². The number of nitrogens with two attached hydrogens (primary N) is 1. The number of carbonyl (C=O) groups is 2. The summed E-state index contributed by atoms with van der Waals surface area (Å²) in [4.78, 5) is 31.1. The van der Waals surface area contributed by atoms with Crippen molar-refractivity contribution in [3.8, 4) is 0 Å². The maximum atomic E-state index is 13.5. The van der Waals surface area contributed by atoms with E-state index in [1.807, 2.05) is 23.1 Å². The van der Waals surface area contributed by atoms with E-state index in [-0.39, 0.29) is 30.2 Å². The summed E-state index contributed by atoms with van der Waals surface area (Å²) in [5, 5.41) is 12.3. The summed E-state index contributed by atoms with van der Waals surface area (Å²) in [6.45, 7) is 5.01. The van der Waals surface area contributed by atoms with E-state index in [9.17, 15) is 9.59 Å². The molecule has 2 aromatic rings. The van der Waals surface area contributed by atoms with Gasteiger partial charge in [0.1, 0.15) is 5.84 Å². The molecule has 2 atom stereocenters. The first kappa shape index (κ1) is 24.3. The van der Waals surface area contributed by atoms with Gasteiger partial charge in [-0.3, -0.25) is 15.0 Å². The van der Waals surface area contributed by atoms with Crippen LogP contribution in [0.1, 0.15) is 69.2 Å². The predicted molar refractivity (Wildman–Crippen MR) is 133 cm³/mol. The van der Waals surface area contributed by atoms with Crippen LogP contribution in [0.2, 0.25) is 0 Å². The third-order valence-corrected chi connectivity index (χ3v) is 7.04. The number of nitrogen functional groups attached to an aromatic ring is 1. The van der Waals surface area contributed by atoms with Gasteiger partial charge < -0.3 is 25.7 Å². The molecule has 0 bridgehead atoms. The molecule has 1 saturated heterocycles. The Morgan fingerprint density at radius 1 is 1.29 bits per heavy atom. The maximum absolute atomic E-state index is 13.5. The van der Waals surface area contributed by atoms with Crippen molar-refractivity contribution in [2.24, 2.45) is 5.73 Å². The van der Waals surface area contributed by atoms with Crippen LogP contribution in [-0.2, 0) is 27.2 Å². The number of carbonyl (C=O) groups excluding carboxylic acids is 2. The summed E-state index contributed by atoms with van der Waals surface area (Å²) < 4.78 is 5.12. The zero-order valence-corrected chi connectivity index (χ0v) is 20.3. The minimum atomic E-state index is -0.503. The van der Waals surface area contributed by atoms with Gasteiger partial charge in [-0.2, -0.15) is 0 Å². The van der Waals surface area contributed by atoms with Crippen molar-refractivity contribution >= 4 is 28.6 Å². The van der Waals surface area contributed by atoms with Crippen LogP contribution in [-0.4, -0.2) is 58.9 Å². The third kappa shape index (κ3) is 5.43. The molecule has 1 aromatic carbocycles. The van der Waals surface area contributed by atoms with Gasteiger partial charge >= 0.3 is 5.97 Å². The monoisotopic (exact) mass is 467 g/mol. The molecule has 8 heteroatoms. The molecule has 2 aliphatic rings. The standard InChI is InChI=1S/C26H37N5O3/c1-3-19-20-11-7-16(25(27)28)14-22(20)30-21(19)12-10-18-6-5-13-31(18)26(33)23(29-17-8-9-17)15-24(32)34-4-2/h7,11,14,17-18,23,29-30H,3-6,8-10,12-13,15H2,1-2H3,(H3,27,28)/t18-,23?/m0/s1. The van der Waals surface area contributed by atoms with E-state index in [0.717, 1.165) is 57.0 Å². The number of aromatic nitrogens is 1. The second-order valence-corrected chi connectivity index (χ2v) is 9.48. The van der Waals surface area contributed by atoms with E-state index in [4.69, 9.17) is 15.9 Å². The van der Waals surface area contributed by atoms with Crippen molar-refractivity contribution in [3.05, 3.63) is 35.0 Å². The second-order valence-electron chi connectivity index (χ2n) is 9.48. The molecule has 1 aliphatic carbocycles. The van der Waals surface area contributed by atoms with Gasteiger partial charge in [0.2, 0.25) is 5.91 Å². The van der Waals surface area contributed by atoms with E-state index in [1.54, 1.807) is 6.92 Å². The fourth-order valence-electron chi connectivity index (χ4n) is 5.17. The Balaban J connectivity index is 1.46. The average molecular weight is 468 g/mol. The first-order chi connectivity index (χ1) is 16.4. The van der Waals surface area contributed by atoms with Crippen molar-refractivity contribution in [3.63, 3.8) is 0 Å². The van der Waals surface area contributed by atoms with E-state index < -0.39 is 6.04 Å². The summed E-state index contributed by atoms with van der Waals surface area (Å²) in [5.41, 5.74) is 9.87. The summed E-state index contributed by atoms with van der Waals surface area (Å²) in [7, 11) is 0.